The van der Waals surface area contributed by atoms with Crippen molar-refractivity contribution in [2.75, 3.05) is 13.1 Å². The molecule has 1 amide bonds. The van der Waals surface area contributed by atoms with Gasteiger partial charge in [-0.05, 0) is 24.8 Å². The molecular weight excluding hydrogens is 280 g/mol. The summed E-state index contributed by atoms with van der Waals surface area (Å²) in [6, 6.07) is 2.08. The Morgan fingerprint density at radius 2 is 2.33 bits per heavy atom. The Balaban J connectivity index is 1.95. The largest absolute Gasteiger partial charge is 0.338 e. The zero-order valence-electron chi connectivity index (χ0n) is 12.7. The number of likely N-dealkylation sites (tertiary alicyclic amines) is 1. The number of nitrogens with two attached hydrogens (primary N) is 1. The van der Waals surface area contributed by atoms with Crippen molar-refractivity contribution in [1.82, 2.24) is 4.90 Å². The van der Waals surface area contributed by atoms with Crippen LogP contribution in [-0.2, 0) is 11.3 Å². The first kappa shape index (κ1) is 16.1. The fourth-order valence-electron chi connectivity index (χ4n) is 2.83. The molecule has 1 unspecified atom stereocenters. The van der Waals surface area contributed by atoms with Gasteiger partial charge in [0, 0.05) is 28.8 Å². The molecule has 3 nitrogen and oxygen atoms in total. The van der Waals surface area contributed by atoms with Crippen LogP contribution in [-0.4, -0.2) is 23.9 Å². The smallest absolute Gasteiger partial charge is 0.222 e. The summed E-state index contributed by atoms with van der Waals surface area (Å²) in [5.41, 5.74) is 6.39. The summed E-state index contributed by atoms with van der Waals surface area (Å²) in [5, 5.41) is 2.04. The molecule has 2 N–H and O–H groups in total. The first-order valence-corrected chi connectivity index (χ1v) is 8.65. The van der Waals surface area contributed by atoms with Crippen LogP contribution in [0.3, 0.4) is 0 Å². The molecular formula is C17H24N2OS. The van der Waals surface area contributed by atoms with Crippen LogP contribution in [0, 0.1) is 17.8 Å². The zero-order valence-corrected chi connectivity index (χ0v) is 13.5. The summed E-state index contributed by atoms with van der Waals surface area (Å²) in [6.07, 6.45) is 5.37. The van der Waals surface area contributed by atoms with Crippen LogP contribution < -0.4 is 5.73 Å². The van der Waals surface area contributed by atoms with Crippen molar-refractivity contribution in [3.8, 4) is 11.8 Å². The molecule has 0 bridgehead atoms. The van der Waals surface area contributed by atoms with E-state index in [9.17, 15) is 4.79 Å². The quantitative estimate of drug-likeness (QED) is 0.869. The fourth-order valence-corrected chi connectivity index (χ4v) is 3.66. The van der Waals surface area contributed by atoms with E-state index in [0.717, 1.165) is 37.4 Å². The topological polar surface area (TPSA) is 46.3 Å². The molecule has 2 heterocycles. The number of carbonyl (C=O) groups is 1. The summed E-state index contributed by atoms with van der Waals surface area (Å²) in [5.74, 6) is 6.93. The van der Waals surface area contributed by atoms with Crippen molar-refractivity contribution in [2.45, 2.75) is 45.6 Å². The third-order valence-electron chi connectivity index (χ3n) is 3.96. The summed E-state index contributed by atoms with van der Waals surface area (Å²) >= 11 is 1.68. The molecule has 114 valence electrons. The highest BCUT2D eigenvalue weighted by atomic mass is 32.1. The minimum Gasteiger partial charge on any atom is -0.338 e. The second-order valence-corrected chi connectivity index (χ2v) is 6.60. The molecule has 1 aliphatic rings. The summed E-state index contributed by atoms with van der Waals surface area (Å²) < 4.78 is 0. The maximum absolute atomic E-state index is 12.2. The molecule has 21 heavy (non-hydrogen) atoms. The Hall–Kier alpha value is -1.31. The van der Waals surface area contributed by atoms with Crippen LogP contribution in [0.15, 0.2) is 11.4 Å². The van der Waals surface area contributed by atoms with Crippen molar-refractivity contribution in [1.29, 1.82) is 0 Å². The number of amides is 1. The van der Waals surface area contributed by atoms with Crippen LogP contribution in [0.5, 0.6) is 0 Å². The molecule has 1 atom stereocenters. The van der Waals surface area contributed by atoms with Gasteiger partial charge in [0.1, 0.15) is 0 Å². The number of hydrogen-bond acceptors (Lipinski definition) is 3. The summed E-state index contributed by atoms with van der Waals surface area (Å²) in [7, 11) is 0. The average Bonchev–Trinajstić information content (AvgIpc) is 2.86. The molecule has 0 aliphatic carbocycles. The summed E-state index contributed by atoms with van der Waals surface area (Å²) in [4.78, 5) is 15.5. The van der Waals surface area contributed by atoms with E-state index in [4.69, 9.17) is 5.73 Å². The molecule has 0 saturated carbocycles. The number of nitrogens with zero attached hydrogens (tertiary/aromatic N) is 1. The minimum atomic E-state index is 0.302. The third-order valence-corrected chi connectivity index (χ3v) is 4.88. The van der Waals surface area contributed by atoms with E-state index >= 15 is 0 Å². The molecule has 2 rings (SSSR count). The van der Waals surface area contributed by atoms with E-state index in [2.05, 4.69) is 24.8 Å². The monoisotopic (exact) mass is 304 g/mol. The Labute approximate surface area is 131 Å². The maximum atomic E-state index is 12.2. The second-order valence-electron chi connectivity index (χ2n) is 5.60. The number of rotatable bonds is 4. The van der Waals surface area contributed by atoms with E-state index in [-0.39, 0.29) is 0 Å². The SMILES string of the molecule is CCCC1CCC(=O)N(Cc2cc(C#CCN)cs2)CC1. The predicted octanol–water partition coefficient (Wildman–Crippen LogP) is 2.99. The van der Waals surface area contributed by atoms with Gasteiger partial charge in [-0.1, -0.05) is 31.6 Å². The van der Waals surface area contributed by atoms with Crippen molar-refractivity contribution >= 4 is 17.2 Å². The second kappa shape index (κ2) is 8.21. The van der Waals surface area contributed by atoms with Crippen LogP contribution in [0.4, 0.5) is 0 Å². The lowest BCUT2D eigenvalue weighted by Gasteiger charge is -2.20. The molecule has 1 saturated heterocycles. The Morgan fingerprint density at radius 1 is 1.48 bits per heavy atom. The van der Waals surface area contributed by atoms with Crippen LogP contribution in [0.1, 0.15) is 49.5 Å². The molecule has 4 heteroatoms. The average molecular weight is 304 g/mol. The highest BCUT2D eigenvalue weighted by Gasteiger charge is 2.22. The fraction of sp³-hybridized carbons (Fsp3) is 0.588. The van der Waals surface area contributed by atoms with Gasteiger partial charge in [0.15, 0.2) is 0 Å². The molecule has 0 aromatic carbocycles. The first-order chi connectivity index (χ1) is 10.2. The van der Waals surface area contributed by atoms with E-state index < -0.39 is 0 Å². The van der Waals surface area contributed by atoms with E-state index in [1.807, 2.05) is 10.3 Å². The molecule has 0 radical (unpaired) electrons. The number of hydrogen-bond donors (Lipinski definition) is 1. The highest BCUT2D eigenvalue weighted by Crippen LogP contribution is 2.25. The molecule has 1 aliphatic heterocycles. The van der Waals surface area contributed by atoms with Crippen LogP contribution in [0.2, 0.25) is 0 Å². The van der Waals surface area contributed by atoms with Gasteiger partial charge in [-0.15, -0.1) is 11.3 Å². The first-order valence-electron chi connectivity index (χ1n) is 7.77. The third kappa shape index (κ3) is 4.87. The van der Waals surface area contributed by atoms with Gasteiger partial charge >= 0.3 is 0 Å². The number of carbonyl (C=O) groups excluding carboxylic acids is 1. The zero-order chi connectivity index (χ0) is 15.1. The van der Waals surface area contributed by atoms with Gasteiger partial charge in [0.25, 0.3) is 0 Å². The maximum Gasteiger partial charge on any atom is 0.222 e. The van der Waals surface area contributed by atoms with E-state index in [0.29, 0.717) is 18.9 Å². The lowest BCUT2D eigenvalue weighted by atomic mass is 9.96. The molecule has 1 aromatic rings. The number of thiophene rings is 1. The standard InChI is InChI=1S/C17H24N2OS/c1-2-4-14-6-7-17(20)19(10-8-14)12-16-11-15(13-21-16)5-3-9-18/h11,13-14H,2,4,6-10,12,18H2,1H3. The van der Waals surface area contributed by atoms with Crippen LogP contribution >= 0.6 is 11.3 Å². The Morgan fingerprint density at radius 3 is 3.10 bits per heavy atom. The molecule has 1 fully saturated rings. The van der Waals surface area contributed by atoms with Gasteiger partial charge in [-0.3, -0.25) is 4.79 Å². The van der Waals surface area contributed by atoms with Crippen molar-refractivity contribution in [2.24, 2.45) is 11.7 Å². The van der Waals surface area contributed by atoms with Crippen molar-refractivity contribution in [3.05, 3.63) is 21.9 Å². The summed E-state index contributed by atoms with van der Waals surface area (Å²) in [6.45, 7) is 4.23. The van der Waals surface area contributed by atoms with Gasteiger partial charge in [0.2, 0.25) is 5.91 Å². The van der Waals surface area contributed by atoms with Crippen LogP contribution in [0.25, 0.3) is 0 Å². The van der Waals surface area contributed by atoms with E-state index in [1.54, 1.807) is 11.3 Å². The van der Waals surface area contributed by atoms with Gasteiger partial charge in [-0.25, -0.2) is 0 Å². The van der Waals surface area contributed by atoms with E-state index in [1.165, 1.54) is 17.7 Å². The highest BCUT2D eigenvalue weighted by molar-refractivity contribution is 7.10. The molecule has 0 spiro atoms. The normalized spacial score (nSPS) is 19.0. The van der Waals surface area contributed by atoms with Gasteiger partial charge < -0.3 is 10.6 Å². The lowest BCUT2D eigenvalue weighted by molar-refractivity contribution is -0.131. The minimum absolute atomic E-state index is 0.302. The van der Waals surface area contributed by atoms with Gasteiger partial charge in [0.05, 0.1) is 13.1 Å². The molecule has 1 aromatic heterocycles. The van der Waals surface area contributed by atoms with Crippen molar-refractivity contribution < 1.29 is 4.79 Å². The van der Waals surface area contributed by atoms with Gasteiger partial charge in [-0.2, -0.15) is 0 Å². The predicted molar refractivity (Wildman–Crippen MR) is 87.9 cm³/mol. The van der Waals surface area contributed by atoms with Crippen molar-refractivity contribution in [3.63, 3.8) is 0 Å². The Kier molecular flexibility index (Phi) is 6.28. The lowest BCUT2D eigenvalue weighted by Crippen LogP contribution is -2.29. The Bertz CT molecular complexity index is 526.